The Morgan fingerprint density at radius 2 is 1.88 bits per heavy atom. The molecule has 0 unspecified atom stereocenters. The summed E-state index contributed by atoms with van der Waals surface area (Å²) in [5.74, 6) is 0. The number of fused-ring (bicyclic) bond motifs is 1. The molecule has 1 aromatic heterocycles. The van der Waals surface area contributed by atoms with E-state index in [4.69, 9.17) is 0 Å². The van der Waals surface area contributed by atoms with E-state index in [0.29, 0.717) is 4.90 Å². The first-order valence-corrected chi connectivity index (χ1v) is 6.22. The van der Waals surface area contributed by atoms with Crippen LogP contribution in [0.2, 0.25) is 0 Å². The van der Waals surface area contributed by atoms with Crippen LogP contribution >= 0.6 is 0 Å². The third-order valence-electron chi connectivity index (χ3n) is 2.39. The first kappa shape index (κ1) is 11.0. The van der Waals surface area contributed by atoms with Crippen LogP contribution in [0, 0.1) is 0 Å². The Morgan fingerprint density at radius 1 is 1.12 bits per heavy atom. The molecule has 0 atom stereocenters. The molecule has 84 valence electrons. The Balaban J connectivity index is 2.65. The van der Waals surface area contributed by atoms with Gasteiger partial charge in [-0.25, -0.2) is 12.7 Å². The summed E-state index contributed by atoms with van der Waals surface area (Å²) < 4.78 is 25.0. The summed E-state index contributed by atoms with van der Waals surface area (Å²) in [5, 5.41) is 1.80. The number of aromatic nitrogens is 1. The van der Waals surface area contributed by atoms with Gasteiger partial charge in [0.2, 0.25) is 10.0 Å². The van der Waals surface area contributed by atoms with Crippen molar-refractivity contribution in [1.29, 1.82) is 0 Å². The summed E-state index contributed by atoms with van der Waals surface area (Å²) in [6, 6.07) is 6.81. The van der Waals surface area contributed by atoms with E-state index in [2.05, 4.69) is 4.98 Å². The van der Waals surface area contributed by atoms with E-state index in [1.165, 1.54) is 18.4 Å². The molecule has 0 aliphatic rings. The van der Waals surface area contributed by atoms with E-state index in [1.54, 1.807) is 36.7 Å². The standard InChI is InChI=1S/C11H12N2O2S/c1-13(2)16(14,15)11-4-3-10-8-12-6-5-9(10)7-11/h3-8H,1-2H3. The van der Waals surface area contributed by atoms with E-state index >= 15 is 0 Å². The van der Waals surface area contributed by atoms with Crippen LogP contribution in [-0.2, 0) is 10.0 Å². The Bertz CT molecular complexity index is 621. The molecule has 0 radical (unpaired) electrons. The third kappa shape index (κ3) is 1.79. The van der Waals surface area contributed by atoms with Crippen molar-refractivity contribution in [3.05, 3.63) is 36.7 Å². The topological polar surface area (TPSA) is 50.3 Å². The number of sulfonamides is 1. The van der Waals surface area contributed by atoms with Gasteiger partial charge in [-0.15, -0.1) is 0 Å². The average Bonchev–Trinajstić information content (AvgIpc) is 2.28. The maximum absolute atomic E-state index is 11.9. The molecule has 4 nitrogen and oxygen atoms in total. The van der Waals surface area contributed by atoms with E-state index in [0.717, 1.165) is 10.8 Å². The van der Waals surface area contributed by atoms with Gasteiger partial charge in [-0.1, -0.05) is 6.07 Å². The molecular weight excluding hydrogens is 224 g/mol. The van der Waals surface area contributed by atoms with Crippen LogP contribution in [0.15, 0.2) is 41.6 Å². The zero-order chi connectivity index (χ0) is 11.8. The van der Waals surface area contributed by atoms with Crippen molar-refractivity contribution in [1.82, 2.24) is 9.29 Å². The maximum Gasteiger partial charge on any atom is 0.242 e. The Kier molecular flexibility index (Phi) is 2.65. The molecule has 0 bridgehead atoms. The highest BCUT2D eigenvalue weighted by Crippen LogP contribution is 2.19. The van der Waals surface area contributed by atoms with Crippen LogP contribution in [0.5, 0.6) is 0 Å². The zero-order valence-corrected chi connectivity index (χ0v) is 9.90. The highest BCUT2D eigenvalue weighted by Gasteiger charge is 2.16. The van der Waals surface area contributed by atoms with Gasteiger partial charge in [0.1, 0.15) is 0 Å². The molecule has 2 rings (SSSR count). The van der Waals surface area contributed by atoms with E-state index in [9.17, 15) is 8.42 Å². The van der Waals surface area contributed by atoms with Crippen molar-refractivity contribution < 1.29 is 8.42 Å². The predicted molar refractivity (Wildman–Crippen MR) is 62.6 cm³/mol. The highest BCUT2D eigenvalue weighted by molar-refractivity contribution is 7.89. The zero-order valence-electron chi connectivity index (χ0n) is 9.08. The fraction of sp³-hybridized carbons (Fsp3) is 0.182. The number of hydrogen-bond acceptors (Lipinski definition) is 3. The SMILES string of the molecule is CN(C)S(=O)(=O)c1ccc2cnccc2c1. The molecule has 0 saturated carbocycles. The lowest BCUT2D eigenvalue weighted by Gasteiger charge is -2.11. The Labute approximate surface area is 94.6 Å². The molecule has 0 amide bonds. The summed E-state index contributed by atoms with van der Waals surface area (Å²) in [4.78, 5) is 4.28. The molecule has 0 aliphatic heterocycles. The van der Waals surface area contributed by atoms with Crippen LogP contribution in [0.1, 0.15) is 0 Å². The lowest BCUT2D eigenvalue weighted by atomic mass is 10.2. The van der Waals surface area contributed by atoms with Crippen LogP contribution in [-0.4, -0.2) is 31.8 Å². The molecule has 2 aromatic rings. The fourth-order valence-corrected chi connectivity index (χ4v) is 2.37. The predicted octanol–water partition coefficient (Wildman–Crippen LogP) is 1.49. The van der Waals surface area contributed by atoms with Gasteiger partial charge in [0.15, 0.2) is 0 Å². The van der Waals surface area contributed by atoms with Crippen molar-refractivity contribution in [3.63, 3.8) is 0 Å². The Hall–Kier alpha value is -1.46. The minimum atomic E-state index is -3.36. The summed E-state index contributed by atoms with van der Waals surface area (Å²) in [7, 11) is -0.316. The van der Waals surface area contributed by atoms with Crippen molar-refractivity contribution in [3.8, 4) is 0 Å². The molecule has 16 heavy (non-hydrogen) atoms. The van der Waals surface area contributed by atoms with E-state index in [-0.39, 0.29) is 0 Å². The first-order chi connectivity index (χ1) is 7.51. The summed E-state index contributed by atoms with van der Waals surface area (Å²) in [6.45, 7) is 0. The van der Waals surface area contributed by atoms with Gasteiger partial charge in [-0.3, -0.25) is 4.98 Å². The third-order valence-corrected chi connectivity index (χ3v) is 4.20. The van der Waals surface area contributed by atoms with Crippen molar-refractivity contribution >= 4 is 20.8 Å². The molecule has 5 heteroatoms. The largest absolute Gasteiger partial charge is 0.264 e. The minimum Gasteiger partial charge on any atom is -0.264 e. The number of rotatable bonds is 2. The van der Waals surface area contributed by atoms with Gasteiger partial charge in [0, 0.05) is 31.9 Å². The van der Waals surface area contributed by atoms with Gasteiger partial charge in [-0.2, -0.15) is 0 Å². The smallest absolute Gasteiger partial charge is 0.242 e. The monoisotopic (exact) mass is 236 g/mol. The molecule has 0 spiro atoms. The van der Waals surface area contributed by atoms with Crippen molar-refractivity contribution in [2.24, 2.45) is 0 Å². The Morgan fingerprint density at radius 3 is 2.56 bits per heavy atom. The maximum atomic E-state index is 11.9. The second kappa shape index (κ2) is 3.84. The van der Waals surface area contributed by atoms with Crippen molar-refractivity contribution in [2.75, 3.05) is 14.1 Å². The lowest BCUT2D eigenvalue weighted by molar-refractivity contribution is 0.521. The molecule has 1 aromatic carbocycles. The normalized spacial score (nSPS) is 12.2. The van der Waals surface area contributed by atoms with Gasteiger partial charge < -0.3 is 0 Å². The number of hydrogen-bond donors (Lipinski definition) is 0. The molecule has 0 fully saturated rings. The van der Waals surface area contributed by atoms with Gasteiger partial charge in [-0.05, 0) is 23.6 Å². The second-order valence-corrected chi connectivity index (χ2v) is 5.82. The molecule has 0 saturated heterocycles. The average molecular weight is 236 g/mol. The molecule has 0 aliphatic carbocycles. The summed E-state index contributed by atoms with van der Waals surface area (Å²) >= 11 is 0. The summed E-state index contributed by atoms with van der Waals surface area (Å²) in [5.41, 5.74) is 0. The number of pyridine rings is 1. The van der Waals surface area contributed by atoms with Gasteiger partial charge >= 0.3 is 0 Å². The van der Waals surface area contributed by atoms with Crippen LogP contribution in [0.3, 0.4) is 0 Å². The molecular formula is C11H12N2O2S. The fourth-order valence-electron chi connectivity index (χ4n) is 1.43. The number of benzene rings is 1. The van der Waals surface area contributed by atoms with Gasteiger partial charge in [0.05, 0.1) is 4.90 Å². The first-order valence-electron chi connectivity index (χ1n) is 4.78. The summed E-state index contributed by atoms with van der Waals surface area (Å²) in [6.07, 6.45) is 3.36. The quantitative estimate of drug-likeness (QED) is 0.793. The number of nitrogens with zero attached hydrogens (tertiary/aromatic N) is 2. The lowest BCUT2D eigenvalue weighted by Crippen LogP contribution is -2.22. The van der Waals surface area contributed by atoms with Gasteiger partial charge in [0.25, 0.3) is 0 Å². The van der Waals surface area contributed by atoms with Crippen molar-refractivity contribution in [2.45, 2.75) is 4.90 Å². The molecule has 0 N–H and O–H groups in total. The molecule has 1 heterocycles. The van der Waals surface area contributed by atoms with E-state index in [1.807, 2.05) is 0 Å². The second-order valence-electron chi connectivity index (χ2n) is 3.67. The minimum absolute atomic E-state index is 0.302. The van der Waals surface area contributed by atoms with E-state index < -0.39 is 10.0 Å². The van der Waals surface area contributed by atoms with Crippen LogP contribution in [0.25, 0.3) is 10.8 Å². The van der Waals surface area contributed by atoms with Crippen LogP contribution in [0.4, 0.5) is 0 Å². The van der Waals surface area contributed by atoms with Crippen LogP contribution < -0.4 is 0 Å². The highest BCUT2D eigenvalue weighted by atomic mass is 32.2.